The molecule has 10 nitrogen and oxygen atoms in total. The highest BCUT2D eigenvalue weighted by atomic mass is 32.2. The van der Waals surface area contributed by atoms with E-state index < -0.39 is 23.9 Å². The van der Waals surface area contributed by atoms with Gasteiger partial charge in [0.2, 0.25) is 5.91 Å². The predicted molar refractivity (Wildman–Crippen MR) is 194 cm³/mol. The van der Waals surface area contributed by atoms with Gasteiger partial charge < -0.3 is 24.7 Å². The van der Waals surface area contributed by atoms with Crippen molar-refractivity contribution < 1.29 is 38.5 Å². The molecule has 51 heavy (non-hydrogen) atoms. The van der Waals surface area contributed by atoms with Crippen LogP contribution < -0.4 is 15.5 Å². The van der Waals surface area contributed by atoms with Gasteiger partial charge in [0.15, 0.2) is 11.2 Å². The Labute approximate surface area is 297 Å². The van der Waals surface area contributed by atoms with Crippen LogP contribution in [-0.4, -0.2) is 57.5 Å². The molecule has 3 aromatic rings. The second kappa shape index (κ2) is 15.5. The van der Waals surface area contributed by atoms with Crippen LogP contribution in [0.3, 0.4) is 0 Å². The van der Waals surface area contributed by atoms with Gasteiger partial charge in [0, 0.05) is 46.1 Å². The highest BCUT2D eigenvalue weighted by molar-refractivity contribution is 8.00. The van der Waals surface area contributed by atoms with E-state index in [2.05, 4.69) is 5.32 Å². The summed E-state index contributed by atoms with van der Waals surface area (Å²) < 4.78 is 12.1. The number of nitrogens with one attached hydrogen (secondary N) is 1. The number of hydrogen-bond acceptors (Lipinski definition) is 8. The standard InChI is InChI=1S/C40H35NO9S/c1-23(39(45)46)25(22-51-35-21-32(43)38(35)41-36(44)18-24-8-3-2-4-9-24)10-7-17-49-27-14-16-31-34(20-27)50-33-19-26(42)13-15-30(33)37(31)28-11-5-6-12-29(28)40(47)48/h2-16,19-20,23,25,35,38H,17-18,21-22H2,1H3,(H,41,44)(H,45,46)(H,47,48)/b10-7-. The number of benzene rings is 4. The fourth-order valence-electron chi connectivity index (χ4n) is 6.10. The molecule has 0 bridgehead atoms. The second-order valence-corrected chi connectivity index (χ2v) is 13.7. The van der Waals surface area contributed by atoms with Gasteiger partial charge in [-0.15, -0.1) is 0 Å². The van der Waals surface area contributed by atoms with Crippen molar-refractivity contribution in [1.82, 2.24) is 5.32 Å². The number of amides is 1. The number of fused-ring (bicyclic) bond motifs is 2. The van der Waals surface area contributed by atoms with Gasteiger partial charge in [-0.2, -0.15) is 11.8 Å². The molecule has 3 N–H and O–H groups in total. The number of thioether (sulfide) groups is 1. The molecule has 0 saturated heterocycles. The van der Waals surface area contributed by atoms with Crippen molar-refractivity contribution in [2.75, 3.05) is 12.4 Å². The first-order valence-electron chi connectivity index (χ1n) is 16.4. The number of allylic oxidation sites excluding steroid dienone is 1. The molecule has 260 valence electrons. The molecule has 1 fully saturated rings. The van der Waals surface area contributed by atoms with Gasteiger partial charge in [-0.3, -0.25) is 19.2 Å². The highest BCUT2D eigenvalue weighted by Gasteiger charge is 2.41. The molecule has 1 amide bonds. The molecule has 1 saturated carbocycles. The SMILES string of the molecule is CC(C(=O)O)C(/C=C\COc1ccc2c(-c3ccccc3C(=O)O)c3ccc(=O)cc-3oc2c1)CSC1CC(=O)C1NC(=O)Cc1ccccc1. The van der Waals surface area contributed by atoms with Crippen molar-refractivity contribution in [3.05, 3.63) is 124 Å². The summed E-state index contributed by atoms with van der Waals surface area (Å²) >= 11 is 1.47. The number of ketones is 1. The first-order chi connectivity index (χ1) is 24.6. The number of carboxylic acid groups (broad SMARTS) is 2. The van der Waals surface area contributed by atoms with Crippen LogP contribution in [0.5, 0.6) is 5.75 Å². The van der Waals surface area contributed by atoms with Crippen LogP contribution in [-0.2, 0) is 20.8 Å². The number of carbonyl (C=O) groups is 4. The van der Waals surface area contributed by atoms with Crippen LogP contribution >= 0.6 is 11.8 Å². The zero-order valence-electron chi connectivity index (χ0n) is 27.6. The number of aliphatic carboxylic acids is 1. The van der Waals surface area contributed by atoms with Gasteiger partial charge in [-0.1, -0.05) is 67.6 Å². The number of Topliss-reactive ketones (excluding diaryl/α,β-unsaturated/α-hetero) is 1. The van der Waals surface area contributed by atoms with E-state index in [-0.39, 0.29) is 46.9 Å². The lowest BCUT2D eigenvalue weighted by atomic mass is 9.90. The van der Waals surface area contributed by atoms with E-state index >= 15 is 0 Å². The van der Waals surface area contributed by atoms with Crippen molar-refractivity contribution in [2.45, 2.75) is 31.1 Å². The monoisotopic (exact) mass is 705 g/mol. The van der Waals surface area contributed by atoms with Gasteiger partial charge in [0.1, 0.15) is 23.7 Å². The molecule has 0 spiro atoms. The number of hydrogen-bond donors (Lipinski definition) is 3. The second-order valence-electron chi connectivity index (χ2n) is 12.4. The van der Waals surface area contributed by atoms with E-state index in [1.54, 1.807) is 61.5 Å². The van der Waals surface area contributed by atoms with Crippen molar-refractivity contribution in [1.29, 1.82) is 0 Å². The van der Waals surface area contributed by atoms with E-state index in [0.29, 0.717) is 51.3 Å². The van der Waals surface area contributed by atoms with Gasteiger partial charge in [0.05, 0.1) is 23.9 Å². The van der Waals surface area contributed by atoms with Crippen LogP contribution in [0.2, 0.25) is 0 Å². The molecule has 1 aliphatic heterocycles. The molecule has 6 rings (SSSR count). The van der Waals surface area contributed by atoms with Gasteiger partial charge in [0.25, 0.3) is 0 Å². The first kappa shape index (κ1) is 35.2. The summed E-state index contributed by atoms with van der Waals surface area (Å²) in [5, 5.41) is 23.0. The lowest BCUT2D eigenvalue weighted by Gasteiger charge is -2.36. The maximum absolute atomic E-state index is 12.6. The molecule has 2 aliphatic carbocycles. The Morgan fingerprint density at radius 1 is 0.961 bits per heavy atom. The number of rotatable bonds is 14. The van der Waals surface area contributed by atoms with Crippen LogP contribution in [0, 0.1) is 11.8 Å². The summed E-state index contributed by atoms with van der Waals surface area (Å²) in [6.45, 7) is 1.75. The minimum atomic E-state index is -1.08. The quantitative estimate of drug-likeness (QED) is 0.0879. The Morgan fingerprint density at radius 3 is 2.47 bits per heavy atom. The summed E-state index contributed by atoms with van der Waals surface area (Å²) in [5.74, 6) is -2.21. The summed E-state index contributed by atoms with van der Waals surface area (Å²) in [4.78, 5) is 61.2. The van der Waals surface area contributed by atoms with Crippen LogP contribution in [0.4, 0.5) is 0 Å². The molecule has 0 radical (unpaired) electrons. The van der Waals surface area contributed by atoms with Gasteiger partial charge >= 0.3 is 11.9 Å². The zero-order valence-corrected chi connectivity index (χ0v) is 28.4. The summed E-state index contributed by atoms with van der Waals surface area (Å²) in [7, 11) is 0. The normalized spacial score (nSPS) is 16.8. The third-order valence-electron chi connectivity index (χ3n) is 9.00. The molecule has 11 heteroatoms. The highest BCUT2D eigenvalue weighted by Crippen LogP contribution is 2.42. The van der Waals surface area contributed by atoms with Crippen LogP contribution in [0.1, 0.15) is 29.3 Å². The lowest BCUT2D eigenvalue weighted by molar-refractivity contribution is -0.142. The summed E-state index contributed by atoms with van der Waals surface area (Å²) in [6.07, 6.45) is 4.02. The van der Waals surface area contributed by atoms with Gasteiger partial charge in [-0.25, -0.2) is 4.79 Å². The number of ether oxygens (including phenoxy) is 1. The predicted octanol–water partition coefficient (Wildman–Crippen LogP) is 6.34. The lowest BCUT2D eigenvalue weighted by Crippen LogP contribution is -2.57. The smallest absolute Gasteiger partial charge is 0.336 e. The van der Waals surface area contributed by atoms with E-state index in [1.807, 2.05) is 30.3 Å². The molecule has 4 atom stereocenters. The minimum Gasteiger partial charge on any atom is -0.489 e. The number of carbonyl (C=O) groups excluding carboxylic acids is 2. The molecule has 3 aromatic carbocycles. The van der Waals surface area contributed by atoms with Gasteiger partial charge in [-0.05, 0) is 47.4 Å². The molecule has 0 aromatic heterocycles. The largest absolute Gasteiger partial charge is 0.489 e. The first-order valence-corrected chi connectivity index (χ1v) is 17.5. The van der Waals surface area contributed by atoms with Crippen LogP contribution in [0.15, 0.2) is 112 Å². The maximum Gasteiger partial charge on any atom is 0.336 e. The van der Waals surface area contributed by atoms with Crippen LogP contribution in [0.25, 0.3) is 33.4 Å². The Balaban J connectivity index is 1.15. The van der Waals surface area contributed by atoms with Crippen molar-refractivity contribution in [2.24, 2.45) is 11.8 Å². The van der Waals surface area contributed by atoms with Crippen molar-refractivity contribution in [3.63, 3.8) is 0 Å². The summed E-state index contributed by atoms with van der Waals surface area (Å²) in [6, 6.07) is 24.9. The van der Waals surface area contributed by atoms with Crippen molar-refractivity contribution >= 4 is 46.4 Å². The average Bonchev–Trinajstić information content (AvgIpc) is 3.12. The van der Waals surface area contributed by atoms with E-state index in [1.165, 1.54) is 30.0 Å². The molecule has 3 aliphatic rings. The Bertz CT molecular complexity index is 2160. The average molecular weight is 706 g/mol. The fourth-order valence-corrected chi connectivity index (χ4v) is 7.67. The molecular formula is C40H35NO9S. The molecule has 1 heterocycles. The Kier molecular flexibility index (Phi) is 10.7. The third kappa shape index (κ3) is 8.05. The van der Waals surface area contributed by atoms with E-state index in [4.69, 9.17) is 9.15 Å². The zero-order chi connectivity index (χ0) is 36.1. The molecule has 4 unspecified atom stereocenters. The summed E-state index contributed by atoms with van der Waals surface area (Å²) in [5.41, 5.74) is 2.79. The Hall–Kier alpha value is -5.68. The topological polar surface area (TPSA) is 160 Å². The van der Waals surface area contributed by atoms with E-state index in [0.717, 1.165) is 5.56 Å². The molecular weight excluding hydrogens is 671 g/mol. The fraction of sp³-hybridized carbons (Fsp3) is 0.225. The van der Waals surface area contributed by atoms with Crippen molar-refractivity contribution in [3.8, 4) is 28.2 Å². The Morgan fingerprint density at radius 2 is 1.73 bits per heavy atom. The number of carboxylic acids is 2. The minimum absolute atomic E-state index is 0.0394. The van der Waals surface area contributed by atoms with E-state index in [9.17, 15) is 34.2 Å². The third-order valence-corrected chi connectivity index (χ3v) is 10.4. The maximum atomic E-state index is 12.6. The number of aromatic carboxylic acids is 1.